The number of esters is 1. The number of carbonyl (C=O) groups is 2. The van der Waals surface area contributed by atoms with E-state index >= 15 is 0 Å². The molecule has 0 saturated heterocycles. The Morgan fingerprint density at radius 3 is 2.55 bits per heavy atom. The SMILES string of the molecule is CC1=CCC(C=O)C(C)C1C.CCCC(=O)OCCC(C)C. The monoisotopic (exact) mass is 310 g/mol. The maximum atomic E-state index is 10.8. The van der Waals surface area contributed by atoms with E-state index in [1.165, 1.54) is 5.57 Å². The second kappa shape index (κ2) is 11.4. The average molecular weight is 310 g/mol. The fraction of sp³-hybridized carbons (Fsp3) is 0.789. The zero-order valence-corrected chi connectivity index (χ0v) is 15.2. The summed E-state index contributed by atoms with van der Waals surface area (Å²) in [5.41, 5.74) is 1.44. The first-order valence-corrected chi connectivity index (χ1v) is 8.60. The number of rotatable bonds is 6. The second-order valence-corrected chi connectivity index (χ2v) is 6.78. The first kappa shape index (κ1) is 20.9. The molecule has 22 heavy (non-hydrogen) atoms. The molecule has 0 aliphatic heterocycles. The Kier molecular flexibility index (Phi) is 10.9. The van der Waals surface area contributed by atoms with Crippen molar-refractivity contribution in [3.8, 4) is 0 Å². The largest absolute Gasteiger partial charge is 0.466 e. The number of hydrogen-bond donors (Lipinski definition) is 0. The molecule has 1 aliphatic carbocycles. The van der Waals surface area contributed by atoms with E-state index in [0.717, 1.165) is 25.5 Å². The lowest BCUT2D eigenvalue weighted by Crippen LogP contribution is -2.24. The lowest BCUT2D eigenvalue weighted by atomic mass is 9.75. The quantitative estimate of drug-likeness (QED) is 0.402. The number of carbonyl (C=O) groups excluding carboxylic acids is 2. The van der Waals surface area contributed by atoms with Gasteiger partial charge in [0, 0.05) is 12.3 Å². The van der Waals surface area contributed by atoms with Gasteiger partial charge < -0.3 is 9.53 Å². The van der Waals surface area contributed by atoms with Crippen LogP contribution in [0.25, 0.3) is 0 Å². The van der Waals surface area contributed by atoms with Gasteiger partial charge in [0.1, 0.15) is 6.29 Å². The molecule has 0 aromatic heterocycles. The first-order valence-electron chi connectivity index (χ1n) is 8.60. The van der Waals surface area contributed by atoms with Crippen LogP contribution in [-0.4, -0.2) is 18.9 Å². The van der Waals surface area contributed by atoms with Crippen LogP contribution >= 0.6 is 0 Å². The molecular weight excluding hydrogens is 276 g/mol. The third kappa shape index (κ3) is 8.35. The molecule has 3 atom stereocenters. The summed E-state index contributed by atoms with van der Waals surface area (Å²) in [6.07, 6.45) is 6.64. The van der Waals surface area contributed by atoms with Crippen molar-refractivity contribution >= 4 is 12.3 Å². The highest BCUT2D eigenvalue weighted by atomic mass is 16.5. The molecule has 0 heterocycles. The summed E-state index contributed by atoms with van der Waals surface area (Å²) < 4.78 is 4.95. The minimum atomic E-state index is -0.0619. The van der Waals surface area contributed by atoms with Gasteiger partial charge in [0.25, 0.3) is 0 Å². The lowest BCUT2D eigenvalue weighted by molar-refractivity contribution is -0.144. The van der Waals surface area contributed by atoms with Gasteiger partial charge in [-0.2, -0.15) is 0 Å². The van der Waals surface area contributed by atoms with Crippen LogP contribution in [0.2, 0.25) is 0 Å². The number of hydrogen-bond acceptors (Lipinski definition) is 3. The van der Waals surface area contributed by atoms with Crippen LogP contribution in [0.4, 0.5) is 0 Å². The Morgan fingerprint density at radius 2 is 2.05 bits per heavy atom. The fourth-order valence-electron chi connectivity index (χ4n) is 2.37. The molecule has 3 heteroatoms. The van der Waals surface area contributed by atoms with Crippen molar-refractivity contribution in [2.45, 2.75) is 67.2 Å². The van der Waals surface area contributed by atoms with Gasteiger partial charge in [-0.05, 0) is 43.9 Å². The standard InChI is InChI=1S/C10H16O.C9H18O2/c1-7-4-5-10(6-11)9(3)8(7)2;1-4-5-9(10)11-7-6-8(2)3/h4,6,8-10H,5H2,1-3H3;8H,4-7H2,1-3H3. The number of aldehydes is 1. The van der Waals surface area contributed by atoms with Gasteiger partial charge in [0.2, 0.25) is 0 Å². The van der Waals surface area contributed by atoms with Gasteiger partial charge in [-0.3, -0.25) is 4.79 Å². The Morgan fingerprint density at radius 1 is 1.41 bits per heavy atom. The van der Waals surface area contributed by atoms with Crippen LogP contribution in [0.15, 0.2) is 11.6 Å². The Hall–Kier alpha value is -1.12. The molecular formula is C19H34O3. The van der Waals surface area contributed by atoms with E-state index in [1.54, 1.807) is 0 Å². The molecule has 3 nitrogen and oxygen atoms in total. The van der Waals surface area contributed by atoms with Crippen LogP contribution in [-0.2, 0) is 14.3 Å². The van der Waals surface area contributed by atoms with Crippen molar-refractivity contribution in [1.29, 1.82) is 0 Å². The fourth-order valence-corrected chi connectivity index (χ4v) is 2.37. The molecule has 0 N–H and O–H groups in total. The highest BCUT2D eigenvalue weighted by Gasteiger charge is 2.26. The number of allylic oxidation sites excluding steroid dienone is 2. The molecule has 0 spiro atoms. The molecule has 0 fully saturated rings. The molecule has 1 aliphatic rings. The van der Waals surface area contributed by atoms with Crippen LogP contribution in [0.3, 0.4) is 0 Å². The zero-order valence-electron chi connectivity index (χ0n) is 15.2. The zero-order chi connectivity index (χ0) is 17.1. The minimum Gasteiger partial charge on any atom is -0.466 e. The summed E-state index contributed by atoms with van der Waals surface area (Å²) >= 11 is 0. The van der Waals surface area contributed by atoms with Crippen LogP contribution in [0.5, 0.6) is 0 Å². The Balaban J connectivity index is 0.000000401. The highest BCUT2D eigenvalue weighted by molar-refractivity contribution is 5.69. The van der Waals surface area contributed by atoms with E-state index in [0.29, 0.717) is 30.8 Å². The topological polar surface area (TPSA) is 43.4 Å². The molecule has 3 unspecified atom stereocenters. The molecule has 128 valence electrons. The van der Waals surface area contributed by atoms with Crippen molar-refractivity contribution in [2.24, 2.45) is 23.7 Å². The normalized spacial score (nSPS) is 24.1. The Bertz CT molecular complexity index is 356. The van der Waals surface area contributed by atoms with Gasteiger partial charge in [0.05, 0.1) is 6.61 Å². The Labute approximate surface area is 136 Å². The maximum absolute atomic E-state index is 10.8. The van der Waals surface area contributed by atoms with E-state index < -0.39 is 0 Å². The van der Waals surface area contributed by atoms with Gasteiger partial charge in [-0.15, -0.1) is 0 Å². The van der Waals surface area contributed by atoms with Gasteiger partial charge in [-0.1, -0.05) is 46.3 Å². The predicted molar refractivity (Wildman–Crippen MR) is 91.6 cm³/mol. The number of ether oxygens (including phenoxy) is 1. The smallest absolute Gasteiger partial charge is 0.305 e. The molecule has 0 radical (unpaired) electrons. The summed E-state index contributed by atoms with van der Waals surface area (Å²) in [5.74, 6) is 1.92. The van der Waals surface area contributed by atoms with Crippen molar-refractivity contribution in [2.75, 3.05) is 6.61 Å². The van der Waals surface area contributed by atoms with Crippen LogP contribution < -0.4 is 0 Å². The van der Waals surface area contributed by atoms with Crippen LogP contribution in [0, 0.1) is 23.7 Å². The summed E-state index contributed by atoms with van der Waals surface area (Å²) in [6.45, 7) is 13.3. The molecule has 1 rings (SSSR count). The molecule has 0 aromatic carbocycles. The van der Waals surface area contributed by atoms with Crippen molar-refractivity contribution in [3.63, 3.8) is 0 Å². The van der Waals surface area contributed by atoms with E-state index in [-0.39, 0.29) is 11.9 Å². The third-order valence-corrected chi connectivity index (χ3v) is 4.48. The van der Waals surface area contributed by atoms with Gasteiger partial charge in [-0.25, -0.2) is 0 Å². The summed E-state index contributed by atoms with van der Waals surface area (Å²) in [5, 5.41) is 0. The molecule has 0 amide bonds. The van der Waals surface area contributed by atoms with Crippen molar-refractivity contribution in [1.82, 2.24) is 0 Å². The van der Waals surface area contributed by atoms with Gasteiger partial charge in [0.15, 0.2) is 0 Å². The predicted octanol–water partition coefficient (Wildman–Crippen LogP) is 4.80. The van der Waals surface area contributed by atoms with E-state index in [1.807, 2.05) is 6.92 Å². The maximum Gasteiger partial charge on any atom is 0.305 e. The van der Waals surface area contributed by atoms with E-state index in [4.69, 9.17) is 4.74 Å². The van der Waals surface area contributed by atoms with E-state index in [9.17, 15) is 9.59 Å². The summed E-state index contributed by atoms with van der Waals surface area (Å²) in [4.78, 5) is 21.4. The highest BCUT2D eigenvalue weighted by Crippen LogP contribution is 2.32. The molecule has 0 aromatic rings. The molecule has 0 saturated carbocycles. The third-order valence-electron chi connectivity index (χ3n) is 4.48. The van der Waals surface area contributed by atoms with Crippen LogP contribution in [0.1, 0.15) is 67.2 Å². The van der Waals surface area contributed by atoms with Crippen molar-refractivity contribution < 1.29 is 14.3 Å². The average Bonchev–Trinajstić information content (AvgIpc) is 2.46. The second-order valence-electron chi connectivity index (χ2n) is 6.78. The van der Waals surface area contributed by atoms with E-state index in [2.05, 4.69) is 40.7 Å². The first-order chi connectivity index (χ1) is 10.3. The van der Waals surface area contributed by atoms with Crippen molar-refractivity contribution in [3.05, 3.63) is 11.6 Å². The lowest BCUT2D eigenvalue weighted by Gasteiger charge is -2.29. The summed E-state index contributed by atoms with van der Waals surface area (Å²) in [6, 6.07) is 0. The van der Waals surface area contributed by atoms with Gasteiger partial charge >= 0.3 is 5.97 Å². The molecule has 0 bridgehead atoms. The minimum absolute atomic E-state index is 0.0619. The summed E-state index contributed by atoms with van der Waals surface area (Å²) in [7, 11) is 0.